The zero-order valence-electron chi connectivity index (χ0n) is 8.97. The number of aromatic nitrogens is 1. The van der Waals surface area contributed by atoms with Gasteiger partial charge in [-0.1, -0.05) is 0 Å². The fourth-order valence-electron chi connectivity index (χ4n) is 1.11. The fourth-order valence-corrected chi connectivity index (χ4v) is 1.36. The van der Waals surface area contributed by atoms with Crippen LogP contribution in [-0.2, 0) is 6.18 Å². The van der Waals surface area contributed by atoms with Crippen molar-refractivity contribution in [2.45, 2.75) is 13.1 Å². The largest absolute Gasteiger partial charge is 0.477 e. The Bertz CT molecular complexity index is 354. The summed E-state index contributed by atoms with van der Waals surface area (Å²) in [6.07, 6.45) is -2.46. The minimum atomic E-state index is -4.36. The summed E-state index contributed by atoms with van der Waals surface area (Å²) in [5.74, 6) is 0.748. The standard InChI is InChI=1S/C10H12F3NOS/c1-7-5-8(10(11,12)13)6-9(14-7)15-3-4-16-2/h5-6H,3-4H2,1-2H3. The van der Waals surface area contributed by atoms with Gasteiger partial charge in [-0.15, -0.1) is 0 Å². The summed E-state index contributed by atoms with van der Waals surface area (Å²) in [7, 11) is 0. The molecule has 0 radical (unpaired) electrons. The Kier molecular flexibility index (Phi) is 4.46. The van der Waals surface area contributed by atoms with Gasteiger partial charge in [-0.2, -0.15) is 24.9 Å². The molecule has 0 saturated carbocycles. The number of rotatable bonds is 4. The lowest BCUT2D eigenvalue weighted by atomic mass is 10.2. The van der Waals surface area contributed by atoms with E-state index in [1.165, 1.54) is 6.92 Å². The maximum absolute atomic E-state index is 12.4. The number of hydrogen-bond acceptors (Lipinski definition) is 3. The number of aryl methyl sites for hydroxylation is 1. The molecule has 1 heterocycles. The van der Waals surface area contributed by atoms with Gasteiger partial charge in [-0.3, -0.25) is 0 Å². The van der Waals surface area contributed by atoms with Crippen molar-refractivity contribution >= 4 is 11.8 Å². The molecule has 90 valence electrons. The molecule has 1 rings (SSSR count). The molecule has 1 aromatic rings. The molecule has 0 unspecified atom stereocenters. The Morgan fingerprint density at radius 2 is 2.06 bits per heavy atom. The molecule has 1 aromatic heterocycles. The zero-order chi connectivity index (χ0) is 12.2. The van der Waals surface area contributed by atoms with Gasteiger partial charge >= 0.3 is 6.18 Å². The van der Waals surface area contributed by atoms with E-state index in [-0.39, 0.29) is 5.88 Å². The fraction of sp³-hybridized carbons (Fsp3) is 0.500. The number of nitrogens with zero attached hydrogens (tertiary/aromatic N) is 1. The second-order valence-corrected chi connectivity index (χ2v) is 4.16. The van der Waals surface area contributed by atoms with E-state index in [1.807, 2.05) is 6.26 Å². The van der Waals surface area contributed by atoms with E-state index in [1.54, 1.807) is 11.8 Å². The SMILES string of the molecule is CSCCOc1cc(C(F)(F)F)cc(C)n1. The van der Waals surface area contributed by atoms with Crippen LogP contribution in [0.25, 0.3) is 0 Å². The van der Waals surface area contributed by atoms with Crippen LogP contribution in [0.1, 0.15) is 11.3 Å². The van der Waals surface area contributed by atoms with Crippen LogP contribution in [0.5, 0.6) is 5.88 Å². The Balaban J connectivity index is 2.82. The number of pyridine rings is 1. The summed E-state index contributed by atoms with van der Waals surface area (Å²) < 4.78 is 42.5. The second kappa shape index (κ2) is 5.43. The van der Waals surface area contributed by atoms with Gasteiger partial charge in [-0.05, 0) is 19.2 Å². The van der Waals surface area contributed by atoms with Crippen LogP contribution in [0.3, 0.4) is 0 Å². The highest BCUT2D eigenvalue weighted by Crippen LogP contribution is 2.31. The number of ether oxygens (including phenoxy) is 1. The van der Waals surface area contributed by atoms with Crippen LogP contribution >= 0.6 is 11.8 Å². The number of halogens is 3. The summed E-state index contributed by atoms with van der Waals surface area (Å²) >= 11 is 1.56. The number of alkyl halides is 3. The average molecular weight is 251 g/mol. The maximum atomic E-state index is 12.4. The van der Waals surface area contributed by atoms with Gasteiger partial charge in [0.2, 0.25) is 5.88 Å². The first-order chi connectivity index (χ1) is 7.43. The smallest absolute Gasteiger partial charge is 0.416 e. The highest BCUT2D eigenvalue weighted by molar-refractivity contribution is 7.98. The first-order valence-electron chi connectivity index (χ1n) is 4.61. The third kappa shape index (κ3) is 3.92. The Labute approximate surface area is 96.2 Å². The van der Waals surface area contributed by atoms with Crippen LogP contribution in [0, 0.1) is 6.92 Å². The number of thioether (sulfide) groups is 1. The summed E-state index contributed by atoms with van der Waals surface area (Å²) in [5, 5.41) is 0. The summed E-state index contributed by atoms with van der Waals surface area (Å²) in [4.78, 5) is 3.89. The molecule has 16 heavy (non-hydrogen) atoms. The highest BCUT2D eigenvalue weighted by Gasteiger charge is 2.31. The van der Waals surface area contributed by atoms with Crippen LogP contribution in [0.2, 0.25) is 0 Å². The van der Waals surface area contributed by atoms with Gasteiger partial charge in [0.25, 0.3) is 0 Å². The van der Waals surface area contributed by atoms with Crippen molar-refractivity contribution in [3.05, 3.63) is 23.4 Å². The second-order valence-electron chi connectivity index (χ2n) is 3.17. The normalized spacial score (nSPS) is 11.6. The summed E-state index contributed by atoms with van der Waals surface area (Å²) in [6.45, 7) is 1.87. The van der Waals surface area contributed by atoms with Gasteiger partial charge in [0.1, 0.15) is 0 Å². The Morgan fingerprint density at radius 1 is 1.38 bits per heavy atom. The Hall–Kier alpha value is -0.910. The van der Waals surface area contributed by atoms with E-state index in [9.17, 15) is 13.2 Å². The lowest BCUT2D eigenvalue weighted by molar-refractivity contribution is -0.137. The molecule has 0 bridgehead atoms. The first-order valence-corrected chi connectivity index (χ1v) is 6.00. The topological polar surface area (TPSA) is 22.1 Å². The van der Waals surface area contributed by atoms with E-state index >= 15 is 0 Å². The van der Waals surface area contributed by atoms with Gasteiger partial charge < -0.3 is 4.74 Å². The molecule has 0 aliphatic carbocycles. The maximum Gasteiger partial charge on any atom is 0.416 e. The van der Waals surface area contributed by atoms with E-state index in [0.717, 1.165) is 17.9 Å². The van der Waals surface area contributed by atoms with E-state index in [2.05, 4.69) is 4.98 Å². The minimum absolute atomic E-state index is 0.0291. The molecular weight excluding hydrogens is 239 g/mol. The van der Waals surface area contributed by atoms with Crippen molar-refractivity contribution in [3.63, 3.8) is 0 Å². The van der Waals surface area contributed by atoms with Crippen LogP contribution in [0.15, 0.2) is 12.1 Å². The number of hydrogen-bond donors (Lipinski definition) is 0. The molecule has 0 aliphatic rings. The molecule has 0 fully saturated rings. The van der Waals surface area contributed by atoms with Crippen molar-refractivity contribution in [2.24, 2.45) is 0 Å². The van der Waals surface area contributed by atoms with Crippen LogP contribution < -0.4 is 4.74 Å². The monoisotopic (exact) mass is 251 g/mol. The first kappa shape index (κ1) is 13.2. The predicted octanol–water partition coefficient (Wildman–Crippen LogP) is 3.15. The summed E-state index contributed by atoms with van der Waals surface area (Å²) in [5.41, 5.74) is -0.423. The van der Waals surface area contributed by atoms with Crippen molar-refractivity contribution in [3.8, 4) is 5.88 Å². The molecule has 0 aliphatic heterocycles. The van der Waals surface area contributed by atoms with Gasteiger partial charge in [0.05, 0.1) is 12.2 Å². The zero-order valence-corrected chi connectivity index (χ0v) is 9.78. The Morgan fingerprint density at radius 3 is 2.62 bits per heavy atom. The van der Waals surface area contributed by atoms with Crippen molar-refractivity contribution < 1.29 is 17.9 Å². The van der Waals surface area contributed by atoms with Crippen LogP contribution in [-0.4, -0.2) is 23.6 Å². The molecule has 0 amide bonds. The van der Waals surface area contributed by atoms with Crippen molar-refractivity contribution in [2.75, 3.05) is 18.6 Å². The average Bonchev–Trinajstić information content (AvgIpc) is 2.16. The third-order valence-electron chi connectivity index (χ3n) is 1.79. The molecular formula is C10H12F3NOS. The van der Waals surface area contributed by atoms with Crippen molar-refractivity contribution in [1.82, 2.24) is 4.98 Å². The van der Waals surface area contributed by atoms with Gasteiger partial charge in [0, 0.05) is 17.5 Å². The lowest BCUT2D eigenvalue weighted by Gasteiger charge is -2.10. The van der Waals surface area contributed by atoms with E-state index < -0.39 is 11.7 Å². The molecule has 0 spiro atoms. The molecule has 0 aromatic carbocycles. The lowest BCUT2D eigenvalue weighted by Crippen LogP contribution is -2.08. The quantitative estimate of drug-likeness (QED) is 0.767. The highest BCUT2D eigenvalue weighted by atomic mass is 32.2. The molecule has 0 saturated heterocycles. The van der Waals surface area contributed by atoms with Gasteiger partial charge in [-0.25, -0.2) is 4.98 Å². The molecule has 6 heteroatoms. The van der Waals surface area contributed by atoms with Crippen LogP contribution in [0.4, 0.5) is 13.2 Å². The molecule has 0 N–H and O–H groups in total. The van der Waals surface area contributed by atoms with E-state index in [0.29, 0.717) is 12.3 Å². The minimum Gasteiger partial charge on any atom is -0.477 e. The molecule has 2 nitrogen and oxygen atoms in total. The predicted molar refractivity (Wildman–Crippen MR) is 57.9 cm³/mol. The van der Waals surface area contributed by atoms with Crippen molar-refractivity contribution in [1.29, 1.82) is 0 Å². The molecule has 0 atom stereocenters. The van der Waals surface area contributed by atoms with Gasteiger partial charge in [0.15, 0.2) is 0 Å². The van der Waals surface area contributed by atoms with E-state index in [4.69, 9.17) is 4.74 Å². The summed E-state index contributed by atoms with van der Waals surface area (Å²) in [6, 6.07) is 1.93. The third-order valence-corrected chi connectivity index (χ3v) is 2.37.